The Balaban J connectivity index is 5.46. The molecule has 0 fully saturated rings. The second-order valence-electron chi connectivity index (χ2n) is 9.03. The average Bonchev–Trinajstić information content (AvgIpc) is 2.05. The molecule has 0 heterocycles. The molecule has 0 aromatic rings. The van der Waals surface area contributed by atoms with E-state index in [1.807, 2.05) is 0 Å². The molecule has 0 amide bonds. The van der Waals surface area contributed by atoms with Gasteiger partial charge >= 0.3 is 8.80 Å². The van der Waals surface area contributed by atoms with E-state index in [4.69, 9.17) is 12.3 Å². The van der Waals surface area contributed by atoms with Crippen LogP contribution in [0.4, 0.5) is 0 Å². The first-order chi connectivity index (χ1) is 9.04. The Labute approximate surface area is 139 Å². The zero-order chi connectivity index (χ0) is 17.1. The molecule has 0 atom stereocenters. The maximum absolute atomic E-state index is 6.65. The molecular formula is C13H37O3Si5. The van der Waals surface area contributed by atoms with Crippen LogP contribution in [0.1, 0.15) is 0 Å². The zero-order valence-electron chi connectivity index (χ0n) is 16.1. The van der Waals surface area contributed by atoms with Crippen molar-refractivity contribution in [2.24, 2.45) is 0 Å². The molecule has 0 aliphatic carbocycles. The van der Waals surface area contributed by atoms with Gasteiger partial charge in [0.25, 0.3) is 0 Å². The molecule has 0 rings (SSSR count). The lowest BCUT2D eigenvalue weighted by molar-refractivity contribution is 0.254. The van der Waals surface area contributed by atoms with E-state index in [9.17, 15) is 0 Å². The smallest absolute Gasteiger partial charge is 0.417 e. The lowest BCUT2D eigenvalue weighted by Gasteiger charge is -2.43. The largest absolute Gasteiger partial charge is 0.469 e. The third-order valence-corrected chi connectivity index (χ3v) is 16.0. The second kappa shape index (κ2) is 7.69. The van der Waals surface area contributed by atoms with Gasteiger partial charge in [0.15, 0.2) is 25.0 Å². The van der Waals surface area contributed by atoms with Crippen molar-refractivity contribution in [2.45, 2.75) is 84.1 Å². The molecule has 1 radical (unpaired) electrons. The highest BCUT2D eigenvalue weighted by Gasteiger charge is 2.49. The first kappa shape index (κ1) is 22.0. The fourth-order valence-electron chi connectivity index (χ4n) is 2.02. The number of hydrogen-bond donors (Lipinski definition) is 0. The summed E-state index contributed by atoms with van der Waals surface area (Å²) in [6, 6.07) is 2.23. The Morgan fingerprint density at radius 2 is 0.905 bits per heavy atom. The highest BCUT2D eigenvalue weighted by Crippen LogP contribution is 2.30. The molecule has 0 spiro atoms. The van der Waals surface area contributed by atoms with Crippen molar-refractivity contribution in [2.75, 3.05) is 0 Å². The Hall–Kier alpha value is 0.964. The van der Waals surface area contributed by atoms with Crippen LogP contribution in [0.5, 0.6) is 0 Å². The van der Waals surface area contributed by atoms with Crippen molar-refractivity contribution in [3.05, 3.63) is 0 Å². The van der Waals surface area contributed by atoms with Crippen molar-refractivity contribution in [1.82, 2.24) is 0 Å². The first-order valence-electron chi connectivity index (χ1n) is 7.93. The molecule has 0 saturated carbocycles. The molecule has 0 saturated heterocycles. The van der Waals surface area contributed by atoms with Gasteiger partial charge in [0, 0.05) is 14.8 Å². The summed E-state index contributed by atoms with van der Waals surface area (Å²) in [6.45, 7) is 25.0. The van der Waals surface area contributed by atoms with Crippen molar-refractivity contribution >= 4 is 42.6 Å². The van der Waals surface area contributed by atoms with E-state index in [2.05, 4.69) is 72.0 Å². The topological polar surface area (TPSA) is 27.7 Å². The maximum Gasteiger partial charge on any atom is 0.469 e. The summed E-state index contributed by atoms with van der Waals surface area (Å²) in [5, 5.41) is 0. The Morgan fingerprint density at radius 3 is 1.10 bits per heavy atom. The standard InChI is InChI=1S/C13H37O3Si5/c1-17(2)12-13-21(14-18(3,4)5,15-19(6,7)8)16-20(9,10)11/h12-13H2,1-11H3. The van der Waals surface area contributed by atoms with E-state index >= 15 is 0 Å². The quantitative estimate of drug-likeness (QED) is 0.511. The minimum Gasteiger partial charge on any atom is -0.417 e. The second-order valence-corrected chi connectivity index (χ2v) is 28.9. The van der Waals surface area contributed by atoms with Crippen LogP contribution < -0.4 is 0 Å². The van der Waals surface area contributed by atoms with E-state index in [1.54, 1.807) is 0 Å². The Kier molecular flexibility index (Phi) is 8.04. The summed E-state index contributed by atoms with van der Waals surface area (Å²) < 4.78 is 19.9. The fraction of sp³-hybridized carbons (Fsp3) is 1.00. The molecule has 21 heavy (non-hydrogen) atoms. The van der Waals surface area contributed by atoms with Gasteiger partial charge in [-0.15, -0.1) is 0 Å². The molecule has 0 aromatic heterocycles. The summed E-state index contributed by atoms with van der Waals surface area (Å²) >= 11 is 0. The van der Waals surface area contributed by atoms with Crippen molar-refractivity contribution in [1.29, 1.82) is 0 Å². The van der Waals surface area contributed by atoms with Crippen LogP contribution in [0.15, 0.2) is 0 Å². The predicted octanol–water partition coefficient (Wildman–Crippen LogP) is 5.23. The van der Waals surface area contributed by atoms with Gasteiger partial charge in [0.1, 0.15) is 0 Å². The van der Waals surface area contributed by atoms with Crippen LogP contribution in [-0.4, -0.2) is 42.6 Å². The summed E-state index contributed by atoms with van der Waals surface area (Å²) in [6.07, 6.45) is 0. The van der Waals surface area contributed by atoms with Crippen LogP contribution in [0.2, 0.25) is 84.1 Å². The molecule has 8 heteroatoms. The van der Waals surface area contributed by atoms with E-state index in [1.165, 1.54) is 6.04 Å². The molecule has 0 N–H and O–H groups in total. The monoisotopic (exact) mass is 381 g/mol. The average molecular weight is 382 g/mol. The third-order valence-electron chi connectivity index (χ3n) is 2.32. The Morgan fingerprint density at radius 1 is 0.619 bits per heavy atom. The highest BCUT2D eigenvalue weighted by molar-refractivity contribution is 6.90. The van der Waals surface area contributed by atoms with Gasteiger partial charge in [-0.3, -0.25) is 0 Å². The van der Waals surface area contributed by atoms with E-state index in [-0.39, 0.29) is 8.80 Å². The summed E-state index contributed by atoms with van der Waals surface area (Å²) in [5.74, 6) is 0. The lowest BCUT2D eigenvalue weighted by atomic mass is 10.9. The Bertz CT molecular complexity index is 274. The van der Waals surface area contributed by atoms with Crippen molar-refractivity contribution in [3.63, 3.8) is 0 Å². The van der Waals surface area contributed by atoms with Crippen LogP contribution in [-0.2, 0) is 12.3 Å². The van der Waals surface area contributed by atoms with Gasteiger partial charge in [-0.2, -0.15) is 0 Å². The molecule has 3 nitrogen and oxygen atoms in total. The molecular weight excluding hydrogens is 345 g/mol. The van der Waals surface area contributed by atoms with Crippen molar-refractivity contribution in [3.8, 4) is 0 Å². The molecule has 0 aliphatic rings. The number of hydrogen-bond acceptors (Lipinski definition) is 3. The minimum atomic E-state index is -2.55. The van der Waals surface area contributed by atoms with Gasteiger partial charge in [0.2, 0.25) is 0 Å². The first-order valence-corrected chi connectivity index (χ1v) is 22.8. The SMILES string of the molecule is C[Si](C)CC[Si](O[Si](C)(C)C)(O[Si](C)(C)C)O[Si](C)(C)C. The van der Waals surface area contributed by atoms with Gasteiger partial charge in [0.05, 0.1) is 0 Å². The van der Waals surface area contributed by atoms with Gasteiger partial charge in [-0.25, -0.2) is 0 Å². The third kappa shape index (κ3) is 12.1. The zero-order valence-corrected chi connectivity index (χ0v) is 21.1. The predicted molar refractivity (Wildman–Crippen MR) is 106 cm³/mol. The van der Waals surface area contributed by atoms with Gasteiger partial charge < -0.3 is 12.3 Å². The fourth-order valence-corrected chi connectivity index (χ4v) is 19.3. The lowest BCUT2D eigenvalue weighted by Crippen LogP contribution is -2.60. The highest BCUT2D eigenvalue weighted by atomic mass is 28.5. The van der Waals surface area contributed by atoms with E-state index < -0.39 is 33.8 Å². The normalized spacial score (nSPS) is 14.9. The molecule has 0 bridgehead atoms. The van der Waals surface area contributed by atoms with Crippen LogP contribution in [0.25, 0.3) is 0 Å². The maximum atomic E-state index is 6.65. The van der Waals surface area contributed by atoms with Gasteiger partial charge in [-0.05, 0) is 58.9 Å². The molecule has 0 aromatic carbocycles. The van der Waals surface area contributed by atoms with E-state index in [0.29, 0.717) is 0 Å². The van der Waals surface area contributed by atoms with Crippen molar-refractivity contribution < 1.29 is 12.3 Å². The summed E-state index contributed by atoms with van der Waals surface area (Å²) in [7, 11) is -7.93. The molecule has 127 valence electrons. The summed E-state index contributed by atoms with van der Waals surface area (Å²) in [4.78, 5) is 0. The van der Waals surface area contributed by atoms with Gasteiger partial charge in [-0.1, -0.05) is 19.1 Å². The summed E-state index contributed by atoms with van der Waals surface area (Å²) in [5.41, 5.74) is 0. The number of rotatable bonds is 9. The van der Waals surface area contributed by atoms with Crippen LogP contribution in [0.3, 0.4) is 0 Å². The van der Waals surface area contributed by atoms with Crippen LogP contribution in [0, 0.1) is 0 Å². The van der Waals surface area contributed by atoms with Crippen LogP contribution >= 0.6 is 0 Å². The van der Waals surface area contributed by atoms with E-state index in [0.717, 1.165) is 6.04 Å². The minimum absolute atomic E-state index is 0.291. The molecule has 0 unspecified atom stereocenters. The molecule has 0 aliphatic heterocycles.